The molecule has 0 spiro atoms. The van der Waals surface area contributed by atoms with Crippen LogP contribution in [-0.4, -0.2) is 26.2 Å². The topological polar surface area (TPSA) is 24.1 Å². The quantitative estimate of drug-likeness (QED) is 0.655. The maximum absolute atomic E-state index is 3.63. The van der Waals surface area contributed by atoms with Gasteiger partial charge in [-0.3, -0.25) is 0 Å². The van der Waals surface area contributed by atoms with Crippen molar-refractivity contribution in [2.45, 2.75) is 39.0 Å². The van der Waals surface area contributed by atoms with Gasteiger partial charge in [-0.2, -0.15) is 0 Å². The van der Waals surface area contributed by atoms with Gasteiger partial charge in [0.2, 0.25) is 0 Å². The van der Waals surface area contributed by atoms with Gasteiger partial charge in [0.05, 0.1) is 0 Å². The highest BCUT2D eigenvalue weighted by Crippen LogP contribution is 2.39. The van der Waals surface area contributed by atoms with Gasteiger partial charge in [0.1, 0.15) is 0 Å². The zero-order valence-electron chi connectivity index (χ0n) is 9.44. The molecule has 1 aliphatic carbocycles. The normalized spacial score (nSPS) is 30.2. The average Bonchev–Trinajstić information content (AvgIpc) is 2.62. The number of hydrogen-bond acceptors (Lipinski definition) is 2. The summed E-state index contributed by atoms with van der Waals surface area (Å²) in [7, 11) is 0. The van der Waals surface area contributed by atoms with E-state index in [1.165, 1.54) is 58.3 Å². The van der Waals surface area contributed by atoms with Crippen molar-refractivity contribution in [1.29, 1.82) is 0 Å². The summed E-state index contributed by atoms with van der Waals surface area (Å²) in [6.45, 7) is 7.37. The van der Waals surface area contributed by atoms with E-state index < -0.39 is 0 Å². The molecule has 0 amide bonds. The molecule has 2 nitrogen and oxygen atoms in total. The van der Waals surface area contributed by atoms with Crippen LogP contribution in [0, 0.1) is 11.3 Å². The SMILES string of the molecule is CC1(CNCCC2CCNC2)CCC1. The molecule has 2 heteroatoms. The van der Waals surface area contributed by atoms with Crippen LogP contribution in [0.4, 0.5) is 0 Å². The third kappa shape index (κ3) is 2.71. The highest BCUT2D eigenvalue weighted by molar-refractivity contribution is 4.85. The Bertz CT molecular complexity index is 169. The highest BCUT2D eigenvalue weighted by Gasteiger charge is 2.30. The summed E-state index contributed by atoms with van der Waals surface area (Å²) in [5, 5.41) is 7.05. The molecule has 1 unspecified atom stereocenters. The second kappa shape index (κ2) is 4.63. The second-order valence-corrected chi connectivity index (χ2v) is 5.49. The molecule has 0 radical (unpaired) electrons. The zero-order valence-corrected chi connectivity index (χ0v) is 9.44. The van der Waals surface area contributed by atoms with Crippen molar-refractivity contribution in [3.05, 3.63) is 0 Å². The number of rotatable bonds is 5. The minimum Gasteiger partial charge on any atom is -0.316 e. The lowest BCUT2D eigenvalue weighted by Gasteiger charge is -2.38. The number of nitrogens with one attached hydrogen (secondary N) is 2. The van der Waals surface area contributed by atoms with E-state index in [4.69, 9.17) is 0 Å². The van der Waals surface area contributed by atoms with Gasteiger partial charge >= 0.3 is 0 Å². The first-order valence-electron chi connectivity index (χ1n) is 6.20. The molecule has 2 N–H and O–H groups in total. The lowest BCUT2D eigenvalue weighted by molar-refractivity contribution is 0.156. The highest BCUT2D eigenvalue weighted by atomic mass is 14.9. The van der Waals surface area contributed by atoms with E-state index in [0.717, 1.165) is 5.92 Å². The Balaban J connectivity index is 1.50. The van der Waals surface area contributed by atoms with Crippen molar-refractivity contribution < 1.29 is 0 Å². The molecule has 82 valence electrons. The van der Waals surface area contributed by atoms with Crippen LogP contribution >= 0.6 is 0 Å². The molecule has 14 heavy (non-hydrogen) atoms. The van der Waals surface area contributed by atoms with Crippen LogP contribution in [0.2, 0.25) is 0 Å². The minimum atomic E-state index is 0.647. The summed E-state index contributed by atoms with van der Waals surface area (Å²) in [4.78, 5) is 0. The Hall–Kier alpha value is -0.0800. The number of hydrogen-bond donors (Lipinski definition) is 2. The monoisotopic (exact) mass is 196 g/mol. The van der Waals surface area contributed by atoms with Crippen molar-refractivity contribution in [3.8, 4) is 0 Å². The molecule has 0 aromatic heterocycles. The van der Waals surface area contributed by atoms with Crippen molar-refractivity contribution >= 4 is 0 Å². The van der Waals surface area contributed by atoms with Gasteiger partial charge in [-0.05, 0) is 56.7 Å². The summed E-state index contributed by atoms with van der Waals surface area (Å²) >= 11 is 0. The van der Waals surface area contributed by atoms with E-state index in [1.54, 1.807) is 0 Å². The van der Waals surface area contributed by atoms with Gasteiger partial charge in [0.25, 0.3) is 0 Å². The molecule has 0 aromatic carbocycles. The van der Waals surface area contributed by atoms with Crippen LogP contribution in [-0.2, 0) is 0 Å². The Kier molecular flexibility index (Phi) is 3.45. The minimum absolute atomic E-state index is 0.647. The Labute approximate surface area is 87.8 Å². The maximum atomic E-state index is 3.63. The van der Waals surface area contributed by atoms with Crippen molar-refractivity contribution in [3.63, 3.8) is 0 Å². The first-order chi connectivity index (χ1) is 6.79. The van der Waals surface area contributed by atoms with Crippen LogP contribution in [0.1, 0.15) is 39.0 Å². The van der Waals surface area contributed by atoms with Crippen molar-refractivity contribution in [2.24, 2.45) is 11.3 Å². The lowest BCUT2D eigenvalue weighted by Crippen LogP contribution is -2.38. The van der Waals surface area contributed by atoms with Gasteiger partial charge in [-0.15, -0.1) is 0 Å². The van der Waals surface area contributed by atoms with E-state index in [2.05, 4.69) is 17.6 Å². The smallest absolute Gasteiger partial charge is 0.000516 e. The summed E-state index contributed by atoms with van der Waals surface area (Å²) in [6, 6.07) is 0. The molecule has 0 bridgehead atoms. The summed E-state index contributed by atoms with van der Waals surface area (Å²) in [5.74, 6) is 0.941. The van der Waals surface area contributed by atoms with Crippen LogP contribution < -0.4 is 10.6 Å². The fraction of sp³-hybridized carbons (Fsp3) is 1.00. The molecular weight excluding hydrogens is 172 g/mol. The Morgan fingerprint density at radius 3 is 2.86 bits per heavy atom. The van der Waals surface area contributed by atoms with Crippen LogP contribution in [0.15, 0.2) is 0 Å². The first kappa shape index (κ1) is 10.4. The maximum Gasteiger partial charge on any atom is 0.000516 e. The second-order valence-electron chi connectivity index (χ2n) is 5.49. The predicted molar refractivity (Wildman–Crippen MR) is 60.4 cm³/mol. The third-order valence-electron chi connectivity index (χ3n) is 4.00. The predicted octanol–water partition coefficient (Wildman–Crippen LogP) is 1.77. The summed E-state index contributed by atoms with van der Waals surface area (Å²) in [5.41, 5.74) is 0.647. The van der Waals surface area contributed by atoms with E-state index in [0.29, 0.717) is 5.41 Å². The van der Waals surface area contributed by atoms with Gasteiger partial charge in [0, 0.05) is 6.54 Å². The molecule has 1 saturated carbocycles. The average molecular weight is 196 g/mol. The van der Waals surface area contributed by atoms with Gasteiger partial charge < -0.3 is 10.6 Å². The van der Waals surface area contributed by atoms with Crippen LogP contribution in [0.25, 0.3) is 0 Å². The largest absolute Gasteiger partial charge is 0.316 e. The fourth-order valence-corrected chi connectivity index (χ4v) is 2.61. The summed E-state index contributed by atoms with van der Waals surface area (Å²) in [6.07, 6.45) is 7.07. The van der Waals surface area contributed by atoms with Crippen LogP contribution in [0.5, 0.6) is 0 Å². The first-order valence-corrected chi connectivity index (χ1v) is 6.20. The molecule has 2 rings (SSSR count). The standard InChI is InChI=1S/C12H24N2/c1-12(5-2-6-12)10-14-8-4-11-3-7-13-9-11/h11,13-14H,2-10H2,1H3. The zero-order chi connectivity index (χ0) is 9.86. The van der Waals surface area contributed by atoms with Crippen molar-refractivity contribution in [1.82, 2.24) is 10.6 Å². The van der Waals surface area contributed by atoms with E-state index >= 15 is 0 Å². The molecular formula is C12H24N2. The van der Waals surface area contributed by atoms with Gasteiger partial charge in [0.15, 0.2) is 0 Å². The van der Waals surface area contributed by atoms with E-state index in [9.17, 15) is 0 Å². The van der Waals surface area contributed by atoms with Gasteiger partial charge in [-0.1, -0.05) is 13.3 Å². The molecule has 1 saturated heterocycles. The Morgan fingerprint density at radius 1 is 1.43 bits per heavy atom. The lowest BCUT2D eigenvalue weighted by atomic mass is 9.70. The fourth-order valence-electron chi connectivity index (χ4n) is 2.61. The molecule has 2 aliphatic rings. The van der Waals surface area contributed by atoms with Crippen molar-refractivity contribution in [2.75, 3.05) is 26.2 Å². The van der Waals surface area contributed by atoms with Gasteiger partial charge in [-0.25, -0.2) is 0 Å². The van der Waals surface area contributed by atoms with E-state index in [1.807, 2.05) is 0 Å². The molecule has 2 fully saturated rings. The summed E-state index contributed by atoms with van der Waals surface area (Å²) < 4.78 is 0. The molecule has 1 atom stereocenters. The van der Waals surface area contributed by atoms with Crippen LogP contribution in [0.3, 0.4) is 0 Å². The molecule has 1 heterocycles. The molecule has 0 aromatic rings. The van der Waals surface area contributed by atoms with E-state index in [-0.39, 0.29) is 0 Å². The Morgan fingerprint density at radius 2 is 2.29 bits per heavy atom. The third-order valence-corrected chi connectivity index (χ3v) is 4.00. The molecule has 1 aliphatic heterocycles.